The van der Waals surface area contributed by atoms with Crippen molar-refractivity contribution in [1.82, 2.24) is 10.6 Å². The first-order valence-electron chi connectivity index (χ1n) is 8.76. The Kier molecular flexibility index (Phi) is 10.1. The van der Waals surface area contributed by atoms with Crippen molar-refractivity contribution in [3.05, 3.63) is 35.9 Å². The molecule has 0 saturated carbocycles. The highest BCUT2D eigenvalue weighted by atomic mass is 16.5. The van der Waals surface area contributed by atoms with Gasteiger partial charge in [-0.25, -0.2) is 0 Å². The second-order valence-electron chi connectivity index (χ2n) is 6.33. The molecule has 0 saturated heterocycles. The van der Waals surface area contributed by atoms with E-state index >= 15 is 0 Å². The van der Waals surface area contributed by atoms with Crippen LogP contribution in [0, 0.1) is 0 Å². The lowest BCUT2D eigenvalue weighted by Gasteiger charge is -2.21. The van der Waals surface area contributed by atoms with Crippen LogP contribution in [0.3, 0.4) is 0 Å². The summed E-state index contributed by atoms with van der Waals surface area (Å²) in [5.74, 6) is 0.841. The highest BCUT2D eigenvalue weighted by molar-refractivity contribution is 5.79. The van der Waals surface area contributed by atoms with Gasteiger partial charge in [-0.15, -0.1) is 0 Å². The van der Waals surface area contributed by atoms with Gasteiger partial charge in [0.1, 0.15) is 0 Å². The summed E-state index contributed by atoms with van der Waals surface area (Å²) in [4.78, 5) is 4.57. The Labute approximate surface area is 146 Å². The fraction of sp³-hybridized carbons (Fsp3) is 0.632. The highest BCUT2D eigenvalue weighted by Gasteiger charge is 2.15. The van der Waals surface area contributed by atoms with Gasteiger partial charge in [-0.2, -0.15) is 0 Å². The molecule has 24 heavy (non-hydrogen) atoms. The van der Waals surface area contributed by atoms with Crippen LogP contribution in [0.25, 0.3) is 0 Å². The fourth-order valence-corrected chi connectivity index (χ4v) is 1.98. The highest BCUT2D eigenvalue weighted by Crippen LogP contribution is 2.07. The minimum Gasteiger partial charge on any atom is -0.377 e. The van der Waals surface area contributed by atoms with Gasteiger partial charge in [0, 0.05) is 26.8 Å². The maximum absolute atomic E-state index is 5.69. The van der Waals surface area contributed by atoms with Crippen molar-refractivity contribution in [3.63, 3.8) is 0 Å². The second kappa shape index (κ2) is 11.9. The van der Waals surface area contributed by atoms with E-state index in [-0.39, 0.29) is 5.60 Å². The van der Waals surface area contributed by atoms with E-state index in [1.54, 1.807) is 7.11 Å². The minimum absolute atomic E-state index is 0.242. The van der Waals surface area contributed by atoms with Gasteiger partial charge in [0.05, 0.1) is 18.8 Å². The van der Waals surface area contributed by atoms with E-state index in [2.05, 4.69) is 34.7 Å². The molecule has 136 valence electrons. The van der Waals surface area contributed by atoms with Crippen LogP contribution in [0.2, 0.25) is 0 Å². The van der Waals surface area contributed by atoms with E-state index in [0.717, 1.165) is 38.5 Å². The maximum Gasteiger partial charge on any atom is 0.191 e. The monoisotopic (exact) mass is 335 g/mol. The number of ether oxygens (including phenoxy) is 2. The summed E-state index contributed by atoms with van der Waals surface area (Å²) in [6.07, 6.45) is 2.08. The maximum atomic E-state index is 5.69. The zero-order valence-corrected chi connectivity index (χ0v) is 15.6. The summed E-state index contributed by atoms with van der Waals surface area (Å²) in [5, 5.41) is 6.61. The molecule has 5 heteroatoms. The van der Waals surface area contributed by atoms with Crippen LogP contribution in [-0.2, 0) is 16.1 Å². The van der Waals surface area contributed by atoms with Gasteiger partial charge >= 0.3 is 0 Å². The van der Waals surface area contributed by atoms with Gasteiger partial charge in [-0.1, -0.05) is 30.3 Å². The summed E-state index contributed by atoms with van der Waals surface area (Å²) in [7, 11) is 1.71. The molecule has 0 atom stereocenters. The third-order valence-corrected chi connectivity index (χ3v) is 3.63. The van der Waals surface area contributed by atoms with Crippen molar-refractivity contribution < 1.29 is 9.47 Å². The predicted octanol–water partition coefficient (Wildman–Crippen LogP) is 2.96. The Morgan fingerprint density at radius 3 is 2.54 bits per heavy atom. The van der Waals surface area contributed by atoms with Crippen molar-refractivity contribution in [1.29, 1.82) is 0 Å². The van der Waals surface area contributed by atoms with Crippen LogP contribution in [0.4, 0.5) is 0 Å². The Bertz CT molecular complexity index is 461. The van der Waals surface area contributed by atoms with Gasteiger partial charge in [-0.3, -0.25) is 4.99 Å². The van der Waals surface area contributed by atoms with Gasteiger partial charge in [0.25, 0.3) is 0 Å². The zero-order chi connectivity index (χ0) is 17.7. The molecule has 0 aliphatic rings. The number of guanidine groups is 1. The number of nitrogens with one attached hydrogen (secondary N) is 2. The number of aliphatic imine (C=N–C) groups is 1. The topological polar surface area (TPSA) is 54.9 Å². The Morgan fingerprint density at radius 1 is 1.12 bits per heavy atom. The van der Waals surface area contributed by atoms with Crippen LogP contribution in [0.5, 0.6) is 0 Å². The van der Waals surface area contributed by atoms with Crippen molar-refractivity contribution >= 4 is 5.96 Å². The molecule has 1 rings (SSSR count). The Balaban J connectivity index is 2.15. The van der Waals surface area contributed by atoms with E-state index in [1.807, 2.05) is 32.0 Å². The average molecular weight is 335 g/mol. The van der Waals surface area contributed by atoms with Crippen molar-refractivity contribution in [2.24, 2.45) is 4.99 Å². The van der Waals surface area contributed by atoms with Crippen LogP contribution in [0.15, 0.2) is 35.3 Å². The van der Waals surface area contributed by atoms with E-state index in [1.165, 1.54) is 5.56 Å². The molecule has 0 aliphatic heterocycles. The average Bonchev–Trinajstić information content (AvgIpc) is 2.59. The molecule has 0 aromatic heterocycles. The molecule has 0 radical (unpaired) electrons. The predicted molar refractivity (Wildman–Crippen MR) is 100 cm³/mol. The molecule has 5 nitrogen and oxygen atoms in total. The van der Waals surface area contributed by atoms with Crippen LogP contribution >= 0.6 is 0 Å². The summed E-state index contributed by atoms with van der Waals surface area (Å²) in [6, 6.07) is 10.3. The van der Waals surface area contributed by atoms with Gasteiger partial charge in [0.15, 0.2) is 5.96 Å². The number of hydrogen-bond donors (Lipinski definition) is 2. The summed E-state index contributed by atoms with van der Waals surface area (Å²) < 4.78 is 11.1. The first-order chi connectivity index (χ1) is 11.6. The van der Waals surface area contributed by atoms with Crippen LogP contribution in [-0.4, -0.2) is 44.9 Å². The number of unbranched alkanes of at least 4 members (excludes halogenated alkanes) is 1. The summed E-state index contributed by atoms with van der Waals surface area (Å²) in [5.41, 5.74) is 0.978. The van der Waals surface area contributed by atoms with Crippen LogP contribution in [0.1, 0.15) is 39.2 Å². The second-order valence-corrected chi connectivity index (χ2v) is 6.33. The third kappa shape index (κ3) is 9.53. The molecule has 0 aliphatic carbocycles. The van der Waals surface area contributed by atoms with Gasteiger partial charge in [-0.05, 0) is 39.2 Å². The van der Waals surface area contributed by atoms with E-state index in [9.17, 15) is 0 Å². The smallest absolute Gasteiger partial charge is 0.191 e. The largest absolute Gasteiger partial charge is 0.377 e. The van der Waals surface area contributed by atoms with E-state index in [0.29, 0.717) is 13.2 Å². The standard InChI is InChI=1S/C19H33N3O2/c1-5-20-18(22-16-19(2,3)23-4)21-13-9-10-14-24-15-17-11-7-6-8-12-17/h6-8,11-12H,5,9-10,13-16H2,1-4H3,(H2,20,21,22). The summed E-state index contributed by atoms with van der Waals surface area (Å²) >= 11 is 0. The molecule has 0 heterocycles. The lowest BCUT2D eigenvalue weighted by molar-refractivity contribution is 0.0310. The molecule has 2 N–H and O–H groups in total. The Hall–Kier alpha value is -1.59. The van der Waals surface area contributed by atoms with Crippen molar-refractivity contribution in [3.8, 4) is 0 Å². The lowest BCUT2D eigenvalue weighted by atomic mass is 10.1. The third-order valence-electron chi connectivity index (χ3n) is 3.63. The number of hydrogen-bond acceptors (Lipinski definition) is 3. The molecular formula is C19H33N3O2. The van der Waals surface area contributed by atoms with E-state index in [4.69, 9.17) is 9.47 Å². The molecule has 1 aromatic carbocycles. The van der Waals surface area contributed by atoms with Crippen molar-refractivity contribution in [2.45, 2.75) is 45.8 Å². The van der Waals surface area contributed by atoms with Gasteiger partial charge in [0.2, 0.25) is 0 Å². The first-order valence-corrected chi connectivity index (χ1v) is 8.76. The van der Waals surface area contributed by atoms with Crippen LogP contribution < -0.4 is 10.6 Å². The van der Waals surface area contributed by atoms with E-state index < -0.39 is 0 Å². The molecule has 0 fully saturated rings. The molecule has 1 aromatic rings. The quantitative estimate of drug-likeness (QED) is 0.371. The molecule has 0 spiro atoms. The molecule has 0 bridgehead atoms. The number of benzene rings is 1. The molecule has 0 unspecified atom stereocenters. The minimum atomic E-state index is -0.242. The normalized spacial score (nSPS) is 12.2. The van der Waals surface area contributed by atoms with Crippen molar-refractivity contribution in [2.75, 3.05) is 33.4 Å². The Morgan fingerprint density at radius 2 is 1.88 bits per heavy atom. The first kappa shape index (κ1) is 20.5. The number of methoxy groups -OCH3 is 1. The lowest BCUT2D eigenvalue weighted by Crippen LogP contribution is -2.39. The van der Waals surface area contributed by atoms with Gasteiger partial charge < -0.3 is 20.1 Å². The SMILES string of the molecule is CCNC(=NCC(C)(C)OC)NCCCCOCc1ccccc1. The fourth-order valence-electron chi connectivity index (χ4n) is 1.98. The molecule has 0 amide bonds. The zero-order valence-electron chi connectivity index (χ0n) is 15.6. The molecular weight excluding hydrogens is 302 g/mol. The number of nitrogens with zero attached hydrogens (tertiary/aromatic N) is 1. The summed E-state index contributed by atoms with van der Waals surface area (Å²) in [6.45, 7) is 9.95. The number of rotatable bonds is 11.